The fourth-order valence-electron chi connectivity index (χ4n) is 2.01. The number of nitrogens with zero attached hydrogens (tertiary/aromatic N) is 3. The van der Waals surface area contributed by atoms with Crippen LogP contribution in [-0.4, -0.2) is 53.2 Å². The number of alkyl halides is 1. The van der Waals surface area contributed by atoms with Gasteiger partial charge in [0.05, 0.1) is 0 Å². The maximum absolute atomic E-state index is 4.19. The van der Waals surface area contributed by atoms with Crippen LogP contribution in [-0.2, 0) is 21.7 Å². The van der Waals surface area contributed by atoms with E-state index in [0.717, 1.165) is 23.8 Å². The van der Waals surface area contributed by atoms with E-state index in [1.54, 1.807) is 28.2 Å². The van der Waals surface area contributed by atoms with Gasteiger partial charge in [0, 0.05) is 4.83 Å². The molecular weight excluding hydrogens is 337 g/mol. The summed E-state index contributed by atoms with van der Waals surface area (Å²) in [6.45, 7) is 3.09. The van der Waals surface area contributed by atoms with Crippen LogP contribution in [0.1, 0.15) is 19.3 Å². The second-order valence-corrected chi connectivity index (χ2v) is 5.66. The third-order valence-electron chi connectivity index (χ3n) is 2.68. The molecule has 0 radical (unpaired) electrons. The van der Waals surface area contributed by atoms with Crippen molar-refractivity contribution in [3.05, 3.63) is 23.4 Å². The zero-order chi connectivity index (χ0) is 13.7. The minimum atomic E-state index is 0. The standard InChI is InChI=1S/C8H16BBrN.2C2H6N.CH3.Ti/c1-9(6-11-2)7-4-3-5-8(7)10;2*1-3-2;;/h7-8H,3-6H2,1-2H3;2*1-2H3;1H3;/q4*-1;+4. The smallest absolute Gasteiger partial charge is 0.671 e. The van der Waals surface area contributed by atoms with Crippen LogP contribution < -0.4 is 0 Å². The van der Waals surface area contributed by atoms with Gasteiger partial charge in [-0.05, 0) is 6.42 Å². The molecule has 112 valence electrons. The molecule has 0 aromatic rings. The molecule has 0 N–H and O–H groups in total. The normalized spacial score (nSPS) is 19.7. The van der Waals surface area contributed by atoms with Gasteiger partial charge in [0.15, 0.2) is 0 Å². The maximum atomic E-state index is 4.19. The number of halogens is 1. The molecule has 1 rings (SSSR count). The molecule has 0 aromatic carbocycles. The summed E-state index contributed by atoms with van der Waals surface area (Å²) < 4.78 is 0. The van der Waals surface area contributed by atoms with Crippen LogP contribution in [0.25, 0.3) is 16.0 Å². The summed E-state index contributed by atoms with van der Waals surface area (Å²) in [5, 5.41) is 11.2. The first-order valence-electron chi connectivity index (χ1n) is 6.24. The zero-order valence-corrected chi connectivity index (χ0v) is 16.9. The average Bonchev–Trinajstić information content (AvgIpc) is 2.67. The molecule has 1 aliphatic rings. The molecule has 0 saturated heterocycles. The minimum absolute atomic E-state index is 0. The number of rotatable bonds is 3. The van der Waals surface area contributed by atoms with E-state index in [1.165, 1.54) is 19.3 Å². The molecule has 1 fully saturated rings. The van der Waals surface area contributed by atoms with Crippen LogP contribution in [0.5, 0.6) is 0 Å². The van der Waals surface area contributed by atoms with Crippen molar-refractivity contribution in [1.82, 2.24) is 0 Å². The summed E-state index contributed by atoms with van der Waals surface area (Å²) in [4.78, 5) is 0.763. The summed E-state index contributed by atoms with van der Waals surface area (Å²) in [5.41, 5.74) is 0. The Labute approximate surface area is 145 Å². The van der Waals surface area contributed by atoms with Crippen molar-refractivity contribution in [3.8, 4) is 0 Å². The third-order valence-corrected chi connectivity index (χ3v) is 3.82. The molecule has 0 bridgehead atoms. The Morgan fingerprint density at radius 2 is 1.47 bits per heavy atom. The largest absolute Gasteiger partial charge is 4.00 e. The van der Waals surface area contributed by atoms with E-state index in [0.29, 0.717) is 0 Å². The van der Waals surface area contributed by atoms with E-state index in [4.69, 9.17) is 0 Å². The van der Waals surface area contributed by atoms with Crippen molar-refractivity contribution in [2.24, 2.45) is 0 Å². The van der Waals surface area contributed by atoms with E-state index >= 15 is 0 Å². The molecule has 3 nitrogen and oxygen atoms in total. The Kier molecular flexibility index (Phi) is 32.0. The van der Waals surface area contributed by atoms with Crippen LogP contribution in [0.3, 0.4) is 0 Å². The number of hydrogen-bond donors (Lipinski definition) is 0. The average molecular weight is 368 g/mol. The van der Waals surface area contributed by atoms with E-state index in [-0.39, 0.29) is 29.1 Å². The van der Waals surface area contributed by atoms with Gasteiger partial charge in [-0.1, -0.05) is 41.4 Å². The Bertz CT molecular complexity index is 154. The first-order valence-corrected chi connectivity index (χ1v) is 7.15. The monoisotopic (exact) mass is 367 g/mol. The zero-order valence-electron chi connectivity index (χ0n) is 13.8. The SMILES string of the molecule is C[N-]C.C[N-]C.C[N-]CB(C)C1CCCC1Br.[CH3-].[Ti+4]. The molecule has 0 aromatic heterocycles. The Hall–Kier alpha value is 1.14. The second-order valence-electron chi connectivity index (χ2n) is 4.48. The molecular formula is C13H31BBrN3Ti. The quantitative estimate of drug-likeness (QED) is 0.395. The summed E-state index contributed by atoms with van der Waals surface area (Å²) in [6.07, 6.45) is 5.19. The molecule has 0 amide bonds. The van der Waals surface area contributed by atoms with Gasteiger partial charge in [-0.3, -0.25) is 0 Å². The van der Waals surface area contributed by atoms with Crippen LogP contribution in [0.2, 0.25) is 12.6 Å². The molecule has 2 atom stereocenters. The van der Waals surface area contributed by atoms with E-state index in [2.05, 4.69) is 38.7 Å². The van der Waals surface area contributed by atoms with Crippen molar-refractivity contribution in [1.29, 1.82) is 0 Å². The van der Waals surface area contributed by atoms with Gasteiger partial charge in [0.25, 0.3) is 0 Å². The van der Waals surface area contributed by atoms with Crippen molar-refractivity contribution in [3.63, 3.8) is 0 Å². The second kappa shape index (κ2) is 21.4. The van der Waals surface area contributed by atoms with Gasteiger partial charge >= 0.3 is 21.7 Å². The van der Waals surface area contributed by atoms with Gasteiger partial charge in [-0.15, -0.1) is 0 Å². The van der Waals surface area contributed by atoms with Crippen LogP contribution in [0, 0.1) is 7.43 Å². The minimum Gasteiger partial charge on any atom is -0.671 e. The molecule has 1 aliphatic carbocycles. The van der Waals surface area contributed by atoms with Gasteiger partial charge in [-0.25, -0.2) is 0 Å². The van der Waals surface area contributed by atoms with E-state index < -0.39 is 0 Å². The fraction of sp³-hybridized carbons (Fsp3) is 0.923. The van der Waals surface area contributed by atoms with Crippen molar-refractivity contribution in [2.75, 3.05) is 41.7 Å². The first kappa shape index (κ1) is 28.3. The van der Waals surface area contributed by atoms with Gasteiger partial charge in [0.2, 0.25) is 0 Å². The van der Waals surface area contributed by atoms with Crippen LogP contribution in [0.15, 0.2) is 0 Å². The predicted octanol–water partition coefficient (Wildman–Crippen LogP) is 4.66. The Morgan fingerprint density at radius 1 is 1.05 bits per heavy atom. The molecule has 19 heavy (non-hydrogen) atoms. The van der Waals surface area contributed by atoms with Crippen molar-refractivity contribution in [2.45, 2.75) is 36.7 Å². The topological polar surface area (TPSA) is 42.3 Å². The number of hydrogen-bond acceptors (Lipinski definition) is 0. The molecule has 0 aliphatic heterocycles. The first-order chi connectivity index (χ1) is 8.08. The van der Waals surface area contributed by atoms with Gasteiger partial charge in [0.1, 0.15) is 6.71 Å². The molecule has 2 unspecified atom stereocenters. The molecule has 6 heteroatoms. The Morgan fingerprint density at radius 3 is 1.74 bits per heavy atom. The molecule has 0 spiro atoms. The molecule has 1 saturated carbocycles. The van der Waals surface area contributed by atoms with E-state index in [9.17, 15) is 0 Å². The summed E-state index contributed by atoms with van der Waals surface area (Å²) in [5.74, 6) is 0.874. The van der Waals surface area contributed by atoms with Crippen LogP contribution in [0.4, 0.5) is 0 Å². The summed E-state index contributed by atoms with van der Waals surface area (Å²) >= 11 is 3.73. The van der Waals surface area contributed by atoms with Crippen molar-refractivity contribution >= 4 is 22.6 Å². The fourth-order valence-corrected chi connectivity index (χ4v) is 3.12. The van der Waals surface area contributed by atoms with E-state index in [1.807, 2.05) is 7.05 Å². The maximum Gasteiger partial charge on any atom is 4.00 e. The summed E-state index contributed by atoms with van der Waals surface area (Å²) in [7, 11) is 8.91. The predicted molar refractivity (Wildman–Crippen MR) is 92.9 cm³/mol. The van der Waals surface area contributed by atoms with Gasteiger partial charge in [-0.2, -0.15) is 41.7 Å². The Balaban J connectivity index is -0.000000122. The summed E-state index contributed by atoms with van der Waals surface area (Å²) in [6, 6.07) is 0. The van der Waals surface area contributed by atoms with Crippen LogP contribution >= 0.6 is 15.9 Å². The van der Waals surface area contributed by atoms with Crippen molar-refractivity contribution < 1.29 is 21.7 Å². The van der Waals surface area contributed by atoms with Gasteiger partial charge < -0.3 is 23.4 Å². The molecule has 0 heterocycles. The third kappa shape index (κ3) is 17.1.